The zero-order valence-electron chi connectivity index (χ0n) is 13.3. The second kappa shape index (κ2) is 7.82. The molecule has 0 fully saturated rings. The van der Waals surface area contributed by atoms with Gasteiger partial charge in [-0.3, -0.25) is 9.59 Å². The number of hydrogen-bond acceptors (Lipinski definition) is 4. The van der Waals surface area contributed by atoms with E-state index in [-0.39, 0.29) is 16.9 Å². The van der Waals surface area contributed by atoms with Gasteiger partial charge >= 0.3 is 6.36 Å². The molecule has 2 rings (SSSR count). The maximum atomic E-state index is 12.2. The Morgan fingerprint density at radius 3 is 2.48 bits per heavy atom. The van der Waals surface area contributed by atoms with E-state index >= 15 is 0 Å². The molecule has 25 heavy (non-hydrogen) atoms. The van der Waals surface area contributed by atoms with Crippen LogP contribution in [-0.2, 0) is 6.54 Å². The molecule has 0 bridgehead atoms. The highest BCUT2D eigenvalue weighted by atomic mass is 19.4. The fourth-order valence-electron chi connectivity index (χ4n) is 1.97. The lowest BCUT2D eigenvalue weighted by Gasteiger charge is -2.10. The number of nitrogens with zero attached hydrogens (tertiary/aromatic N) is 2. The number of benzene rings is 1. The van der Waals surface area contributed by atoms with E-state index < -0.39 is 18.0 Å². The van der Waals surface area contributed by atoms with Crippen LogP contribution in [0.25, 0.3) is 0 Å². The topological polar surface area (TPSA) is 73.2 Å². The predicted molar refractivity (Wildman–Crippen MR) is 84.5 cm³/mol. The standard InChI is InChI=1S/C16H16F3N3O3/c1-2-3-10-22-14(23)9-8-13(21-22)15(24)20-11-4-6-12(7-5-11)25-16(17,18)19/h4-9H,2-3,10H2,1H3,(H,20,24). The summed E-state index contributed by atoms with van der Waals surface area (Å²) in [6, 6.07) is 7.24. The first-order valence-electron chi connectivity index (χ1n) is 7.54. The Morgan fingerprint density at radius 1 is 1.20 bits per heavy atom. The van der Waals surface area contributed by atoms with Gasteiger partial charge in [-0.15, -0.1) is 13.2 Å². The molecule has 6 nitrogen and oxygen atoms in total. The number of aromatic nitrogens is 2. The van der Waals surface area contributed by atoms with Gasteiger partial charge in [-0.25, -0.2) is 4.68 Å². The third kappa shape index (κ3) is 5.63. The molecule has 0 aliphatic carbocycles. The maximum Gasteiger partial charge on any atom is 0.573 e. The van der Waals surface area contributed by atoms with E-state index in [4.69, 9.17) is 0 Å². The smallest absolute Gasteiger partial charge is 0.406 e. The van der Waals surface area contributed by atoms with Crippen molar-refractivity contribution >= 4 is 11.6 Å². The third-order valence-corrected chi connectivity index (χ3v) is 3.17. The second-order valence-corrected chi connectivity index (χ2v) is 5.16. The number of rotatable bonds is 6. The van der Waals surface area contributed by atoms with Gasteiger partial charge < -0.3 is 10.1 Å². The zero-order chi connectivity index (χ0) is 18.4. The fourth-order valence-corrected chi connectivity index (χ4v) is 1.97. The SMILES string of the molecule is CCCCn1nc(C(=O)Nc2ccc(OC(F)(F)F)cc2)ccc1=O. The summed E-state index contributed by atoms with van der Waals surface area (Å²) in [4.78, 5) is 23.8. The molecule has 2 aromatic rings. The molecule has 0 atom stereocenters. The summed E-state index contributed by atoms with van der Waals surface area (Å²) in [7, 11) is 0. The highest BCUT2D eigenvalue weighted by Crippen LogP contribution is 2.24. The first-order chi connectivity index (χ1) is 11.8. The molecule has 134 valence electrons. The highest BCUT2D eigenvalue weighted by Gasteiger charge is 2.30. The Morgan fingerprint density at radius 2 is 1.88 bits per heavy atom. The molecule has 9 heteroatoms. The number of carbonyl (C=O) groups excluding carboxylic acids is 1. The molecule has 0 aliphatic heterocycles. The van der Waals surface area contributed by atoms with Crippen LogP contribution in [0, 0.1) is 0 Å². The first-order valence-corrected chi connectivity index (χ1v) is 7.54. The van der Waals surface area contributed by atoms with Crippen LogP contribution in [0.5, 0.6) is 5.75 Å². The first kappa shape index (κ1) is 18.5. The van der Waals surface area contributed by atoms with Gasteiger partial charge in [0, 0.05) is 18.3 Å². The van der Waals surface area contributed by atoms with Gasteiger partial charge in [0.2, 0.25) is 0 Å². The van der Waals surface area contributed by atoms with E-state index in [0.29, 0.717) is 6.54 Å². The Labute approximate surface area is 141 Å². The van der Waals surface area contributed by atoms with Crippen molar-refractivity contribution in [1.82, 2.24) is 9.78 Å². The van der Waals surface area contributed by atoms with Gasteiger partial charge in [0.25, 0.3) is 11.5 Å². The van der Waals surface area contributed by atoms with Crippen LogP contribution in [0.2, 0.25) is 0 Å². The molecule has 1 amide bonds. The van der Waals surface area contributed by atoms with E-state index in [1.54, 1.807) is 0 Å². The van der Waals surface area contributed by atoms with Gasteiger partial charge in [0.15, 0.2) is 0 Å². The molecule has 0 unspecified atom stereocenters. The molecule has 1 aromatic heterocycles. The number of aryl methyl sites for hydroxylation is 1. The Kier molecular flexibility index (Phi) is 5.79. The van der Waals surface area contributed by atoms with Crippen LogP contribution in [0.4, 0.5) is 18.9 Å². The summed E-state index contributed by atoms with van der Waals surface area (Å²) >= 11 is 0. The van der Waals surface area contributed by atoms with Crippen molar-refractivity contribution in [3.8, 4) is 5.75 Å². The van der Waals surface area contributed by atoms with E-state index in [9.17, 15) is 22.8 Å². The van der Waals surface area contributed by atoms with Gasteiger partial charge in [0.1, 0.15) is 11.4 Å². The Balaban J connectivity index is 2.08. The van der Waals surface area contributed by atoms with Crippen molar-refractivity contribution < 1.29 is 22.7 Å². The maximum absolute atomic E-state index is 12.2. The van der Waals surface area contributed by atoms with E-state index in [2.05, 4.69) is 15.2 Å². The number of amides is 1. The predicted octanol–water partition coefficient (Wildman–Crippen LogP) is 3.19. The van der Waals surface area contributed by atoms with Crippen LogP contribution >= 0.6 is 0 Å². The summed E-state index contributed by atoms with van der Waals surface area (Å²) in [5, 5.41) is 6.49. The van der Waals surface area contributed by atoms with Crippen molar-refractivity contribution in [2.24, 2.45) is 0 Å². The summed E-state index contributed by atoms with van der Waals surface area (Å²) < 4.78 is 41.3. The lowest BCUT2D eigenvalue weighted by Crippen LogP contribution is -2.26. The lowest BCUT2D eigenvalue weighted by atomic mass is 10.3. The van der Waals surface area contributed by atoms with Gasteiger partial charge in [0.05, 0.1) is 0 Å². The number of nitrogens with one attached hydrogen (secondary N) is 1. The van der Waals surface area contributed by atoms with Gasteiger partial charge in [-0.1, -0.05) is 13.3 Å². The summed E-state index contributed by atoms with van der Waals surface area (Å²) in [5.74, 6) is -0.966. The molecule has 0 radical (unpaired) electrons. The summed E-state index contributed by atoms with van der Waals surface area (Å²) in [6.07, 6.45) is -3.16. The molecule has 0 saturated carbocycles. The number of halogens is 3. The number of ether oxygens (including phenoxy) is 1. The minimum absolute atomic E-state index is 0.0336. The highest BCUT2D eigenvalue weighted by molar-refractivity contribution is 6.02. The Bertz CT molecular complexity index is 786. The van der Waals surface area contributed by atoms with Crippen LogP contribution in [0.15, 0.2) is 41.2 Å². The summed E-state index contributed by atoms with van der Waals surface area (Å²) in [5.41, 5.74) is -0.00222. The van der Waals surface area contributed by atoms with Gasteiger partial charge in [-0.2, -0.15) is 5.10 Å². The van der Waals surface area contributed by atoms with E-state index in [0.717, 1.165) is 25.0 Å². The van der Waals surface area contributed by atoms with Crippen LogP contribution < -0.4 is 15.6 Å². The molecule has 1 aromatic carbocycles. The van der Waals surface area contributed by atoms with Crippen molar-refractivity contribution in [3.05, 3.63) is 52.4 Å². The largest absolute Gasteiger partial charge is 0.573 e. The van der Waals surface area contributed by atoms with E-state index in [1.807, 2.05) is 6.92 Å². The Hall–Kier alpha value is -2.84. The van der Waals surface area contributed by atoms with Crippen LogP contribution in [0.1, 0.15) is 30.3 Å². The number of anilines is 1. The molecular weight excluding hydrogens is 339 g/mol. The number of hydrogen-bond donors (Lipinski definition) is 1. The van der Waals surface area contributed by atoms with Crippen LogP contribution in [-0.4, -0.2) is 22.1 Å². The number of carbonyl (C=O) groups is 1. The normalized spacial score (nSPS) is 11.2. The monoisotopic (exact) mass is 355 g/mol. The minimum Gasteiger partial charge on any atom is -0.406 e. The fraction of sp³-hybridized carbons (Fsp3) is 0.312. The molecule has 0 aliphatic rings. The lowest BCUT2D eigenvalue weighted by molar-refractivity contribution is -0.274. The minimum atomic E-state index is -4.78. The van der Waals surface area contributed by atoms with Crippen molar-refractivity contribution in [2.45, 2.75) is 32.7 Å². The molecule has 1 heterocycles. The van der Waals surface area contributed by atoms with Crippen LogP contribution in [0.3, 0.4) is 0 Å². The molecular formula is C16H16F3N3O3. The number of unbranched alkanes of at least 4 members (excludes halogenated alkanes) is 1. The molecule has 0 saturated heterocycles. The van der Waals surface area contributed by atoms with Crippen molar-refractivity contribution in [1.29, 1.82) is 0 Å². The van der Waals surface area contributed by atoms with Crippen molar-refractivity contribution in [2.75, 3.05) is 5.32 Å². The average molecular weight is 355 g/mol. The zero-order valence-corrected chi connectivity index (χ0v) is 13.3. The molecule has 1 N–H and O–H groups in total. The van der Waals surface area contributed by atoms with Crippen molar-refractivity contribution in [3.63, 3.8) is 0 Å². The summed E-state index contributed by atoms with van der Waals surface area (Å²) in [6.45, 7) is 2.37. The quantitative estimate of drug-likeness (QED) is 0.864. The second-order valence-electron chi connectivity index (χ2n) is 5.16. The average Bonchev–Trinajstić information content (AvgIpc) is 2.54. The molecule has 0 spiro atoms. The van der Waals surface area contributed by atoms with E-state index in [1.165, 1.54) is 28.9 Å². The van der Waals surface area contributed by atoms with Gasteiger partial charge in [-0.05, 0) is 36.8 Å². The third-order valence-electron chi connectivity index (χ3n) is 3.17. The number of alkyl halides is 3.